The summed E-state index contributed by atoms with van der Waals surface area (Å²) in [7, 11) is 0. The number of primary amides is 1. The van der Waals surface area contributed by atoms with Crippen LogP contribution in [0.25, 0.3) is 0 Å². The first-order chi connectivity index (χ1) is 7.56. The van der Waals surface area contributed by atoms with Crippen LogP contribution in [0.15, 0.2) is 12.8 Å². The molecule has 4 heteroatoms. The van der Waals surface area contributed by atoms with E-state index in [1.807, 2.05) is 13.8 Å². The molecular weight excluding hydrogens is 204 g/mol. The minimum absolute atomic E-state index is 0.237. The van der Waals surface area contributed by atoms with E-state index in [2.05, 4.69) is 11.9 Å². The number of carbonyl (C=O) groups excluding carboxylic acids is 1. The third-order valence-corrected chi connectivity index (χ3v) is 2.31. The van der Waals surface area contributed by atoms with E-state index in [0.29, 0.717) is 18.9 Å². The van der Waals surface area contributed by atoms with Gasteiger partial charge in [0.1, 0.15) is 0 Å². The summed E-state index contributed by atoms with van der Waals surface area (Å²) < 4.78 is 5.47. The van der Waals surface area contributed by atoms with Crippen molar-refractivity contribution in [2.45, 2.75) is 39.2 Å². The Hall–Kier alpha value is -1.03. The molecular formula is C12H24N2O2. The standard InChI is InChI=1S/C12H24N2O2/c1-4-14-7-5-11(9-12(13)15)6-8-16-10(2)3/h4,10-11,14H,1,5-9H2,2-3H3,(H2,13,15). The maximum atomic E-state index is 10.9. The van der Waals surface area contributed by atoms with Gasteiger partial charge in [-0.1, -0.05) is 6.58 Å². The van der Waals surface area contributed by atoms with E-state index < -0.39 is 0 Å². The first-order valence-corrected chi connectivity index (χ1v) is 5.80. The highest BCUT2D eigenvalue weighted by molar-refractivity contribution is 5.73. The average Bonchev–Trinajstić information content (AvgIpc) is 2.16. The molecule has 4 nitrogen and oxygen atoms in total. The van der Waals surface area contributed by atoms with Crippen molar-refractivity contribution in [1.82, 2.24) is 5.32 Å². The lowest BCUT2D eigenvalue weighted by Crippen LogP contribution is -2.21. The molecule has 0 radical (unpaired) electrons. The molecule has 0 aromatic rings. The number of nitrogens with two attached hydrogens (primary N) is 1. The van der Waals surface area contributed by atoms with Crippen molar-refractivity contribution >= 4 is 5.91 Å². The Labute approximate surface area is 98.2 Å². The van der Waals surface area contributed by atoms with Crippen molar-refractivity contribution in [2.75, 3.05) is 13.2 Å². The summed E-state index contributed by atoms with van der Waals surface area (Å²) in [6.45, 7) is 9.09. The van der Waals surface area contributed by atoms with Gasteiger partial charge in [0.05, 0.1) is 6.10 Å². The number of amides is 1. The molecule has 0 saturated heterocycles. The van der Waals surface area contributed by atoms with Crippen molar-refractivity contribution < 1.29 is 9.53 Å². The fourth-order valence-corrected chi connectivity index (χ4v) is 1.49. The second-order valence-corrected chi connectivity index (χ2v) is 4.19. The Kier molecular flexibility index (Phi) is 8.62. The van der Waals surface area contributed by atoms with E-state index in [1.165, 1.54) is 0 Å². The van der Waals surface area contributed by atoms with Gasteiger partial charge in [0, 0.05) is 19.6 Å². The van der Waals surface area contributed by atoms with E-state index in [9.17, 15) is 4.79 Å². The predicted octanol–water partition coefficient (Wildman–Crippen LogP) is 1.42. The number of ether oxygens (including phenoxy) is 1. The first kappa shape index (κ1) is 15.0. The van der Waals surface area contributed by atoms with Crippen molar-refractivity contribution in [3.05, 3.63) is 12.8 Å². The van der Waals surface area contributed by atoms with Crippen molar-refractivity contribution in [2.24, 2.45) is 11.7 Å². The monoisotopic (exact) mass is 228 g/mol. The fraction of sp³-hybridized carbons (Fsp3) is 0.750. The molecule has 1 amide bonds. The molecule has 3 N–H and O–H groups in total. The van der Waals surface area contributed by atoms with E-state index in [0.717, 1.165) is 19.4 Å². The molecule has 0 fully saturated rings. The highest BCUT2D eigenvalue weighted by Crippen LogP contribution is 2.13. The summed E-state index contributed by atoms with van der Waals surface area (Å²) >= 11 is 0. The van der Waals surface area contributed by atoms with Crippen molar-refractivity contribution in [3.8, 4) is 0 Å². The molecule has 0 spiro atoms. The van der Waals surface area contributed by atoms with Crippen LogP contribution in [-0.4, -0.2) is 25.2 Å². The highest BCUT2D eigenvalue weighted by Gasteiger charge is 2.11. The average molecular weight is 228 g/mol. The molecule has 0 saturated carbocycles. The second kappa shape index (κ2) is 9.21. The largest absolute Gasteiger partial charge is 0.391 e. The Morgan fingerprint density at radius 1 is 1.50 bits per heavy atom. The number of nitrogens with one attached hydrogen (secondary N) is 1. The summed E-state index contributed by atoms with van der Waals surface area (Å²) in [5.41, 5.74) is 5.21. The summed E-state index contributed by atoms with van der Waals surface area (Å²) in [5.74, 6) is 0.0526. The molecule has 16 heavy (non-hydrogen) atoms. The molecule has 94 valence electrons. The molecule has 0 heterocycles. The van der Waals surface area contributed by atoms with Crippen LogP contribution in [0.2, 0.25) is 0 Å². The number of hydrogen-bond donors (Lipinski definition) is 2. The Balaban J connectivity index is 3.80. The molecule has 0 aliphatic carbocycles. The smallest absolute Gasteiger partial charge is 0.217 e. The van der Waals surface area contributed by atoms with E-state index in [4.69, 9.17) is 10.5 Å². The summed E-state index contributed by atoms with van der Waals surface area (Å²) in [6.07, 6.45) is 4.11. The van der Waals surface area contributed by atoms with Crippen LogP contribution in [0.5, 0.6) is 0 Å². The maximum absolute atomic E-state index is 10.9. The lowest BCUT2D eigenvalue weighted by atomic mass is 9.97. The molecule has 0 rings (SSSR count). The molecule has 0 bridgehead atoms. The van der Waals surface area contributed by atoms with Crippen LogP contribution in [0.3, 0.4) is 0 Å². The summed E-state index contributed by atoms with van der Waals surface area (Å²) in [5, 5.41) is 3.02. The molecule has 0 aromatic carbocycles. The number of carbonyl (C=O) groups is 1. The summed E-state index contributed by atoms with van der Waals surface area (Å²) in [6, 6.07) is 0. The Morgan fingerprint density at radius 2 is 2.19 bits per heavy atom. The molecule has 0 aliphatic heterocycles. The van der Waals surface area contributed by atoms with E-state index >= 15 is 0 Å². The maximum Gasteiger partial charge on any atom is 0.217 e. The van der Waals surface area contributed by atoms with Gasteiger partial charge in [-0.05, 0) is 38.8 Å². The second-order valence-electron chi connectivity index (χ2n) is 4.19. The number of hydrogen-bond acceptors (Lipinski definition) is 3. The predicted molar refractivity (Wildman–Crippen MR) is 65.8 cm³/mol. The molecule has 0 aliphatic rings. The van der Waals surface area contributed by atoms with Gasteiger partial charge in [0.15, 0.2) is 0 Å². The third kappa shape index (κ3) is 9.52. The van der Waals surface area contributed by atoms with Crippen molar-refractivity contribution in [3.63, 3.8) is 0 Å². The van der Waals surface area contributed by atoms with Crippen LogP contribution < -0.4 is 11.1 Å². The summed E-state index contributed by atoms with van der Waals surface area (Å²) in [4.78, 5) is 10.9. The third-order valence-electron chi connectivity index (χ3n) is 2.31. The van der Waals surface area contributed by atoms with Gasteiger partial charge in [-0.25, -0.2) is 0 Å². The lowest BCUT2D eigenvalue weighted by Gasteiger charge is -2.16. The van der Waals surface area contributed by atoms with Gasteiger partial charge < -0.3 is 15.8 Å². The van der Waals surface area contributed by atoms with Crippen LogP contribution >= 0.6 is 0 Å². The minimum atomic E-state index is -0.242. The fourth-order valence-electron chi connectivity index (χ4n) is 1.49. The quantitative estimate of drug-likeness (QED) is 0.556. The SMILES string of the molecule is C=CNCCC(CCOC(C)C)CC(N)=O. The Bertz CT molecular complexity index is 205. The minimum Gasteiger partial charge on any atom is -0.391 e. The van der Waals surface area contributed by atoms with E-state index in [1.54, 1.807) is 6.20 Å². The van der Waals surface area contributed by atoms with Crippen LogP contribution in [0, 0.1) is 5.92 Å². The van der Waals surface area contributed by atoms with Crippen LogP contribution in [-0.2, 0) is 9.53 Å². The Morgan fingerprint density at radius 3 is 2.69 bits per heavy atom. The van der Waals surface area contributed by atoms with Gasteiger partial charge in [-0.3, -0.25) is 4.79 Å². The van der Waals surface area contributed by atoms with Crippen LogP contribution in [0.1, 0.15) is 33.1 Å². The molecule has 1 atom stereocenters. The highest BCUT2D eigenvalue weighted by atomic mass is 16.5. The van der Waals surface area contributed by atoms with Gasteiger partial charge >= 0.3 is 0 Å². The van der Waals surface area contributed by atoms with Gasteiger partial charge in [0.25, 0.3) is 0 Å². The zero-order valence-corrected chi connectivity index (χ0v) is 10.4. The molecule has 1 unspecified atom stereocenters. The lowest BCUT2D eigenvalue weighted by molar-refractivity contribution is -0.119. The van der Waals surface area contributed by atoms with Gasteiger partial charge in [-0.15, -0.1) is 0 Å². The van der Waals surface area contributed by atoms with Gasteiger partial charge in [0.2, 0.25) is 5.91 Å². The van der Waals surface area contributed by atoms with Crippen LogP contribution in [0.4, 0.5) is 0 Å². The van der Waals surface area contributed by atoms with Crippen molar-refractivity contribution in [1.29, 1.82) is 0 Å². The topological polar surface area (TPSA) is 64.3 Å². The normalized spacial score (nSPS) is 12.4. The van der Waals surface area contributed by atoms with Gasteiger partial charge in [-0.2, -0.15) is 0 Å². The number of rotatable bonds is 10. The van der Waals surface area contributed by atoms with E-state index in [-0.39, 0.29) is 12.0 Å². The first-order valence-electron chi connectivity index (χ1n) is 5.80. The zero-order valence-electron chi connectivity index (χ0n) is 10.4. The molecule has 0 aromatic heterocycles. The zero-order chi connectivity index (χ0) is 12.4.